The van der Waals surface area contributed by atoms with Crippen molar-refractivity contribution in [2.24, 2.45) is 5.92 Å². The highest BCUT2D eigenvalue weighted by Crippen LogP contribution is 2.33. The van der Waals surface area contributed by atoms with E-state index < -0.39 is 0 Å². The zero-order valence-corrected chi connectivity index (χ0v) is 10.4. The molecule has 1 aliphatic carbocycles. The van der Waals surface area contributed by atoms with Crippen LogP contribution in [0.5, 0.6) is 0 Å². The van der Waals surface area contributed by atoms with Crippen LogP contribution in [0.25, 0.3) is 0 Å². The summed E-state index contributed by atoms with van der Waals surface area (Å²) < 4.78 is 1.22. The van der Waals surface area contributed by atoms with Crippen molar-refractivity contribution in [2.75, 3.05) is 6.54 Å². The number of hydrogen-bond acceptors (Lipinski definition) is 1. The first-order chi connectivity index (χ1) is 7.33. The quantitative estimate of drug-likeness (QED) is 0.824. The van der Waals surface area contributed by atoms with Crippen molar-refractivity contribution in [1.82, 2.24) is 5.32 Å². The third-order valence-electron chi connectivity index (χ3n) is 3.80. The van der Waals surface area contributed by atoms with Gasteiger partial charge in [0.2, 0.25) is 0 Å². The minimum Gasteiger partial charge on any atom is -0.314 e. The van der Waals surface area contributed by atoms with E-state index in [1.54, 1.807) is 11.1 Å². The minimum absolute atomic E-state index is 0.774. The van der Waals surface area contributed by atoms with Gasteiger partial charge in [0.05, 0.1) is 0 Å². The van der Waals surface area contributed by atoms with E-state index in [1.807, 2.05) is 0 Å². The number of fused-ring (bicyclic) bond motifs is 1. The normalized spacial score (nSPS) is 29.4. The smallest absolute Gasteiger partial charge is 0.0178 e. The van der Waals surface area contributed by atoms with Crippen LogP contribution in [0, 0.1) is 5.92 Å². The first-order valence-corrected chi connectivity index (χ1v) is 6.63. The summed E-state index contributed by atoms with van der Waals surface area (Å²) in [6, 6.07) is 7.53. The number of halogens is 1. The lowest BCUT2D eigenvalue weighted by Crippen LogP contribution is -2.30. The Balaban J connectivity index is 1.79. The van der Waals surface area contributed by atoms with E-state index in [1.165, 1.54) is 36.7 Å². The number of benzene rings is 1. The van der Waals surface area contributed by atoms with Crippen LogP contribution in [0.15, 0.2) is 22.7 Å². The summed E-state index contributed by atoms with van der Waals surface area (Å²) in [6.45, 7) is 1.22. The lowest BCUT2D eigenvalue weighted by atomic mass is 9.95. The van der Waals surface area contributed by atoms with E-state index in [2.05, 4.69) is 39.4 Å². The summed E-state index contributed by atoms with van der Waals surface area (Å²) in [5, 5.41) is 3.64. The second kappa shape index (κ2) is 3.91. The Kier molecular flexibility index (Phi) is 2.57. The molecule has 2 heteroatoms. The van der Waals surface area contributed by atoms with E-state index in [0.717, 1.165) is 12.0 Å². The van der Waals surface area contributed by atoms with Gasteiger partial charge in [0.1, 0.15) is 0 Å². The molecule has 0 bridgehead atoms. The molecule has 1 fully saturated rings. The molecule has 0 aromatic heterocycles. The molecule has 1 aliphatic heterocycles. The summed E-state index contributed by atoms with van der Waals surface area (Å²) in [5.41, 5.74) is 3.12. The molecule has 0 radical (unpaired) electrons. The molecule has 1 N–H and O–H groups in total. The highest BCUT2D eigenvalue weighted by Gasteiger charge is 2.30. The molecule has 2 unspecified atom stereocenters. The van der Waals surface area contributed by atoms with Gasteiger partial charge in [-0.1, -0.05) is 22.0 Å². The Morgan fingerprint density at radius 2 is 2.07 bits per heavy atom. The van der Waals surface area contributed by atoms with Gasteiger partial charge < -0.3 is 5.32 Å². The van der Waals surface area contributed by atoms with Crippen LogP contribution in [0.3, 0.4) is 0 Å². The van der Waals surface area contributed by atoms with Gasteiger partial charge in [-0.25, -0.2) is 0 Å². The monoisotopic (exact) mass is 265 g/mol. The topological polar surface area (TPSA) is 12.0 Å². The number of nitrogens with one attached hydrogen (secondary N) is 1. The van der Waals surface area contributed by atoms with Gasteiger partial charge in [-0.05, 0) is 61.4 Å². The lowest BCUT2D eigenvalue weighted by molar-refractivity contribution is 0.406. The van der Waals surface area contributed by atoms with Gasteiger partial charge >= 0.3 is 0 Å². The number of hydrogen-bond donors (Lipinski definition) is 1. The van der Waals surface area contributed by atoms with Gasteiger partial charge in [-0.3, -0.25) is 0 Å². The molecular formula is C13H16BrN. The summed E-state index contributed by atoms with van der Waals surface area (Å²) in [4.78, 5) is 0. The van der Waals surface area contributed by atoms with Crippen molar-refractivity contribution < 1.29 is 0 Å². The molecule has 1 aromatic rings. The van der Waals surface area contributed by atoms with Crippen LogP contribution in [0.2, 0.25) is 0 Å². The van der Waals surface area contributed by atoms with Crippen LogP contribution in [0.4, 0.5) is 0 Å². The maximum atomic E-state index is 3.64. The van der Waals surface area contributed by atoms with Crippen molar-refractivity contribution in [3.63, 3.8) is 0 Å². The van der Waals surface area contributed by atoms with Crippen LogP contribution in [0.1, 0.15) is 24.0 Å². The predicted molar refractivity (Wildman–Crippen MR) is 66.1 cm³/mol. The molecule has 0 spiro atoms. The minimum atomic E-state index is 0.774. The maximum absolute atomic E-state index is 3.64. The summed E-state index contributed by atoms with van der Waals surface area (Å²) in [7, 11) is 0. The van der Waals surface area contributed by atoms with Crippen LogP contribution < -0.4 is 5.32 Å². The van der Waals surface area contributed by atoms with Gasteiger partial charge in [0.15, 0.2) is 0 Å². The molecule has 2 atom stereocenters. The van der Waals surface area contributed by atoms with Crippen molar-refractivity contribution in [3.8, 4) is 0 Å². The van der Waals surface area contributed by atoms with E-state index in [4.69, 9.17) is 0 Å². The molecule has 3 rings (SSSR count). The third kappa shape index (κ3) is 1.85. The molecule has 1 heterocycles. The Morgan fingerprint density at radius 3 is 2.87 bits per heavy atom. The second-order valence-electron chi connectivity index (χ2n) is 4.78. The summed E-state index contributed by atoms with van der Waals surface area (Å²) >= 11 is 3.55. The third-order valence-corrected chi connectivity index (χ3v) is 4.29. The standard InChI is InChI=1S/C13H16BrN/c14-12-4-3-9-6-11(7-10(9)8-12)13-2-1-5-15-13/h3-4,8,11,13,15H,1-2,5-7H2. The van der Waals surface area contributed by atoms with Crippen molar-refractivity contribution in [1.29, 1.82) is 0 Å². The lowest BCUT2D eigenvalue weighted by Gasteiger charge is -2.17. The van der Waals surface area contributed by atoms with Crippen molar-refractivity contribution in [3.05, 3.63) is 33.8 Å². The molecule has 1 saturated heterocycles. The highest BCUT2D eigenvalue weighted by molar-refractivity contribution is 9.10. The second-order valence-corrected chi connectivity index (χ2v) is 5.70. The molecule has 0 saturated carbocycles. The van der Waals surface area contributed by atoms with E-state index >= 15 is 0 Å². The summed E-state index contributed by atoms with van der Waals surface area (Å²) in [6.07, 6.45) is 5.29. The van der Waals surface area contributed by atoms with E-state index in [-0.39, 0.29) is 0 Å². The van der Waals surface area contributed by atoms with Crippen LogP contribution >= 0.6 is 15.9 Å². The predicted octanol–water partition coefficient (Wildman–Crippen LogP) is 2.92. The Labute approximate surface area is 99.4 Å². The van der Waals surface area contributed by atoms with Crippen molar-refractivity contribution in [2.45, 2.75) is 31.7 Å². The molecule has 80 valence electrons. The average Bonchev–Trinajstić information content (AvgIpc) is 2.84. The molecule has 2 aliphatic rings. The highest BCUT2D eigenvalue weighted by atomic mass is 79.9. The maximum Gasteiger partial charge on any atom is 0.0178 e. The zero-order chi connectivity index (χ0) is 10.3. The Morgan fingerprint density at radius 1 is 1.20 bits per heavy atom. The Hall–Kier alpha value is -0.340. The van der Waals surface area contributed by atoms with Crippen LogP contribution in [-0.2, 0) is 12.8 Å². The van der Waals surface area contributed by atoms with Gasteiger partial charge in [-0.15, -0.1) is 0 Å². The summed E-state index contributed by atoms with van der Waals surface area (Å²) in [5.74, 6) is 0.844. The fourth-order valence-corrected chi connectivity index (χ4v) is 3.43. The molecule has 1 nitrogen and oxygen atoms in total. The fourth-order valence-electron chi connectivity index (χ4n) is 3.02. The fraction of sp³-hybridized carbons (Fsp3) is 0.538. The zero-order valence-electron chi connectivity index (χ0n) is 8.80. The molecule has 1 aromatic carbocycles. The first kappa shape index (κ1) is 9.86. The van der Waals surface area contributed by atoms with Crippen LogP contribution in [-0.4, -0.2) is 12.6 Å². The van der Waals surface area contributed by atoms with Crippen molar-refractivity contribution >= 4 is 15.9 Å². The van der Waals surface area contributed by atoms with E-state index in [9.17, 15) is 0 Å². The molecule has 0 amide bonds. The van der Waals surface area contributed by atoms with E-state index in [0.29, 0.717) is 0 Å². The molecule has 15 heavy (non-hydrogen) atoms. The molecular weight excluding hydrogens is 250 g/mol. The average molecular weight is 266 g/mol. The Bertz CT molecular complexity index is 369. The van der Waals surface area contributed by atoms with Gasteiger partial charge in [0, 0.05) is 10.5 Å². The first-order valence-electron chi connectivity index (χ1n) is 5.83. The SMILES string of the molecule is Brc1ccc2c(c1)CC(C1CCCN1)C2. The largest absolute Gasteiger partial charge is 0.314 e. The number of rotatable bonds is 1. The van der Waals surface area contributed by atoms with Gasteiger partial charge in [-0.2, -0.15) is 0 Å². The van der Waals surface area contributed by atoms with Gasteiger partial charge in [0.25, 0.3) is 0 Å².